The highest BCUT2D eigenvalue weighted by atomic mass is 16.6. The van der Waals surface area contributed by atoms with Gasteiger partial charge >= 0.3 is 5.97 Å². The Bertz CT molecular complexity index is 790. The largest absolute Gasteiger partial charge is 0.458 e. The van der Waals surface area contributed by atoms with Crippen LogP contribution in [-0.2, 0) is 27.3 Å². The van der Waals surface area contributed by atoms with E-state index in [1.807, 2.05) is 11.1 Å². The molecule has 3 aliphatic heterocycles. The average molecular weight is 384 g/mol. The van der Waals surface area contributed by atoms with Gasteiger partial charge in [0.15, 0.2) is 5.82 Å². The van der Waals surface area contributed by atoms with E-state index in [1.54, 1.807) is 0 Å². The summed E-state index contributed by atoms with van der Waals surface area (Å²) in [6.07, 6.45) is 9.72. The lowest BCUT2D eigenvalue weighted by atomic mass is 9.75. The van der Waals surface area contributed by atoms with E-state index in [-0.39, 0.29) is 30.3 Å². The molecule has 1 aromatic rings. The molecule has 0 bridgehead atoms. The second-order valence-electron chi connectivity index (χ2n) is 8.67. The quantitative estimate of drug-likeness (QED) is 0.786. The molecule has 0 unspecified atom stereocenters. The fraction of sp³-hybridized carbons (Fsp3) is 0.714. The number of fused-ring (bicyclic) bond motifs is 1. The number of carbonyl (C=O) groups excluding carboxylic acids is 2. The van der Waals surface area contributed by atoms with Crippen LogP contribution in [0.15, 0.2) is 6.20 Å². The normalized spacial score (nSPS) is 29.0. The average Bonchev–Trinajstić information content (AvgIpc) is 3.33. The van der Waals surface area contributed by atoms with Crippen LogP contribution >= 0.6 is 0 Å². The third-order valence-corrected chi connectivity index (χ3v) is 6.98. The summed E-state index contributed by atoms with van der Waals surface area (Å²) in [7, 11) is 0. The van der Waals surface area contributed by atoms with Gasteiger partial charge in [-0.3, -0.25) is 9.59 Å². The van der Waals surface area contributed by atoms with E-state index in [9.17, 15) is 9.59 Å². The SMILES string of the molecule is O=C1C[C@@H](C(=O)N2CCC[C@H]2c2ncc3c(n2)CCNC3)C2(CCCCC2)O1. The molecule has 1 aliphatic carbocycles. The first-order valence-corrected chi connectivity index (χ1v) is 10.7. The number of esters is 1. The van der Waals surface area contributed by atoms with Crippen LogP contribution in [0.2, 0.25) is 0 Å². The van der Waals surface area contributed by atoms with Crippen LogP contribution in [0.5, 0.6) is 0 Å². The van der Waals surface area contributed by atoms with Gasteiger partial charge in [-0.2, -0.15) is 0 Å². The highest BCUT2D eigenvalue weighted by Gasteiger charge is 2.54. The summed E-state index contributed by atoms with van der Waals surface area (Å²) in [5, 5.41) is 3.34. The summed E-state index contributed by atoms with van der Waals surface area (Å²) < 4.78 is 5.77. The van der Waals surface area contributed by atoms with Crippen molar-refractivity contribution in [2.45, 2.75) is 76.0 Å². The van der Waals surface area contributed by atoms with E-state index in [2.05, 4.69) is 10.3 Å². The van der Waals surface area contributed by atoms with Crippen LogP contribution in [0, 0.1) is 5.92 Å². The van der Waals surface area contributed by atoms with E-state index in [1.165, 1.54) is 0 Å². The Balaban J connectivity index is 1.40. The molecule has 1 aromatic heterocycles. The maximum absolute atomic E-state index is 13.6. The van der Waals surface area contributed by atoms with E-state index >= 15 is 0 Å². The first-order chi connectivity index (χ1) is 13.7. The number of amides is 1. The minimum atomic E-state index is -0.568. The van der Waals surface area contributed by atoms with Crippen molar-refractivity contribution in [2.24, 2.45) is 5.92 Å². The Labute approximate surface area is 165 Å². The molecule has 3 fully saturated rings. The molecule has 7 nitrogen and oxygen atoms in total. The van der Waals surface area contributed by atoms with Crippen molar-refractivity contribution in [3.05, 3.63) is 23.3 Å². The Morgan fingerprint density at radius 3 is 2.96 bits per heavy atom. The maximum atomic E-state index is 13.6. The minimum absolute atomic E-state index is 0.0678. The highest BCUT2D eigenvalue weighted by molar-refractivity contribution is 5.88. The molecule has 4 heterocycles. The molecule has 5 rings (SSSR count). The predicted molar refractivity (Wildman–Crippen MR) is 101 cm³/mol. The van der Waals surface area contributed by atoms with Gasteiger partial charge in [-0.1, -0.05) is 6.42 Å². The van der Waals surface area contributed by atoms with Crippen LogP contribution in [0.3, 0.4) is 0 Å². The Hall–Kier alpha value is -2.02. The van der Waals surface area contributed by atoms with Gasteiger partial charge in [0.05, 0.1) is 18.4 Å². The molecule has 0 radical (unpaired) electrons. The molecule has 1 spiro atoms. The predicted octanol–water partition coefficient (Wildman–Crippen LogP) is 2.05. The minimum Gasteiger partial charge on any atom is -0.458 e. The number of hydrogen-bond acceptors (Lipinski definition) is 6. The zero-order chi connectivity index (χ0) is 19.1. The zero-order valence-electron chi connectivity index (χ0n) is 16.3. The number of nitrogens with one attached hydrogen (secondary N) is 1. The maximum Gasteiger partial charge on any atom is 0.307 e. The topological polar surface area (TPSA) is 84.4 Å². The van der Waals surface area contributed by atoms with Crippen molar-refractivity contribution in [3.8, 4) is 0 Å². The van der Waals surface area contributed by atoms with Gasteiger partial charge < -0.3 is 15.0 Å². The molecule has 0 aromatic carbocycles. The molecule has 1 N–H and O–H groups in total. The summed E-state index contributed by atoms with van der Waals surface area (Å²) in [4.78, 5) is 37.1. The first-order valence-electron chi connectivity index (χ1n) is 10.7. The van der Waals surface area contributed by atoms with Gasteiger partial charge in [0.25, 0.3) is 0 Å². The standard InChI is InChI=1S/C21H28N4O3/c26-18-11-15(21(28-18)7-2-1-3-8-21)20(27)25-10-4-5-17(25)19-23-13-14-12-22-9-6-16(14)24-19/h13,15,17,22H,1-12H2/t15-,17-/m0/s1. The van der Waals surface area contributed by atoms with Crippen molar-refractivity contribution < 1.29 is 14.3 Å². The van der Waals surface area contributed by atoms with E-state index < -0.39 is 5.60 Å². The molecule has 1 amide bonds. The highest BCUT2D eigenvalue weighted by Crippen LogP contribution is 2.46. The van der Waals surface area contributed by atoms with Crippen LogP contribution in [0.4, 0.5) is 0 Å². The summed E-state index contributed by atoms with van der Waals surface area (Å²) >= 11 is 0. The number of likely N-dealkylation sites (tertiary alicyclic amines) is 1. The lowest BCUT2D eigenvalue weighted by Gasteiger charge is -2.38. The van der Waals surface area contributed by atoms with Crippen molar-refractivity contribution >= 4 is 11.9 Å². The molecular weight excluding hydrogens is 356 g/mol. The molecule has 2 saturated heterocycles. The van der Waals surface area contributed by atoms with Crippen molar-refractivity contribution in [3.63, 3.8) is 0 Å². The van der Waals surface area contributed by atoms with E-state index in [0.717, 1.165) is 81.5 Å². The number of carbonyl (C=O) groups is 2. The summed E-state index contributed by atoms with van der Waals surface area (Å²) in [6, 6.07) is -0.0796. The number of ether oxygens (including phenoxy) is 1. The third-order valence-electron chi connectivity index (χ3n) is 6.98. The molecule has 150 valence electrons. The van der Waals surface area contributed by atoms with Crippen LogP contribution in [0.1, 0.15) is 74.5 Å². The third kappa shape index (κ3) is 3.00. The molecule has 2 atom stereocenters. The van der Waals surface area contributed by atoms with Gasteiger partial charge in [0.2, 0.25) is 5.91 Å². The summed E-state index contributed by atoms with van der Waals surface area (Å²) in [5.41, 5.74) is 1.69. The zero-order valence-corrected chi connectivity index (χ0v) is 16.3. The Morgan fingerprint density at radius 1 is 1.25 bits per heavy atom. The fourth-order valence-electron chi connectivity index (χ4n) is 5.52. The van der Waals surface area contributed by atoms with Gasteiger partial charge in [-0.25, -0.2) is 9.97 Å². The van der Waals surface area contributed by atoms with Gasteiger partial charge in [-0.05, 0) is 38.5 Å². The van der Waals surface area contributed by atoms with Crippen LogP contribution < -0.4 is 5.32 Å². The van der Waals surface area contributed by atoms with E-state index in [0.29, 0.717) is 6.54 Å². The number of rotatable bonds is 2. The molecular formula is C21H28N4O3. The molecule has 4 aliphatic rings. The molecule has 28 heavy (non-hydrogen) atoms. The second kappa shape index (κ2) is 7.10. The van der Waals surface area contributed by atoms with Gasteiger partial charge in [0, 0.05) is 43.5 Å². The Morgan fingerprint density at radius 2 is 2.11 bits per heavy atom. The monoisotopic (exact) mass is 384 g/mol. The summed E-state index contributed by atoms with van der Waals surface area (Å²) in [5.74, 6) is 0.268. The van der Waals surface area contributed by atoms with Gasteiger partial charge in [-0.15, -0.1) is 0 Å². The summed E-state index contributed by atoms with van der Waals surface area (Å²) in [6.45, 7) is 2.46. The van der Waals surface area contributed by atoms with Gasteiger partial charge in [0.1, 0.15) is 5.60 Å². The number of aromatic nitrogens is 2. The molecule has 1 saturated carbocycles. The lowest BCUT2D eigenvalue weighted by molar-refractivity contribution is -0.156. The Kier molecular flexibility index (Phi) is 4.57. The fourth-order valence-corrected chi connectivity index (χ4v) is 5.52. The first kappa shape index (κ1) is 18.0. The van der Waals surface area contributed by atoms with E-state index in [4.69, 9.17) is 9.72 Å². The second-order valence-corrected chi connectivity index (χ2v) is 8.67. The number of hydrogen-bond donors (Lipinski definition) is 1. The van der Waals surface area contributed by atoms with Crippen molar-refractivity contribution in [1.82, 2.24) is 20.2 Å². The molecule has 7 heteroatoms. The lowest BCUT2D eigenvalue weighted by Crippen LogP contribution is -2.47. The van der Waals surface area contributed by atoms with Crippen LogP contribution in [-0.4, -0.2) is 45.4 Å². The smallest absolute Gasteiger partial charge is 0.307 e. The van der Waals surface area contributed by atoms with Crippen LogP contribution in [0.25, 0.3) is 0 Å². The van der Waals surface area contributed by atoms with Crippen molar-refractivity contribution in [1.29, 1.82) is 0 Å². The van der Waals surface area contributed by atoms with Crippen molar-refractivity contribution in [2.75, 3.05) is 13.1 Å². The number of nitrogens with zero attached hydrogens (tertiary/aromatic N) is 3.